The Bertz CT molecular complexity index is 695. The second-order valence-corrected chi connectivity index (χ2v) is 8.29. The monoisotopic (exact) mass is 346 g/mol. The van der Waals surface area contributed by atoms with Crippen molar-refractivity contribution in [2.75, 3.05) is 25.3 Å². The molecule has 0 aromatic heterocycles. The Morgan fingerprint density at radius 2 is 1.92 bits per heavy atom. The van der Waals surface area contributed by atoms with Gasteiger partial charge in [-0.05, 0) is 37.3 Å². The molecule has 0 fully saturated rings. The fraction of sp³-hybridized carbons (Fsp3) is 0.526. The van der Waals surface area contributed by atoms with Crippen LogP contribution in [0.3, 0.4) is 0 Å². The number of fused-ring (bicyclic) bond motifs is 1. The molecule has 0 amide bonds. The van der Waals surface area contributed by atoms with Gasteiger partial charge in [0.25, 0.3) is 0 Å². The number of ether oxygens (including phenoxy) is 2. The highest BCUT2D eigenvalue weighted by Crippen LogP contribution is 2.44. The molecule has 2 aliphatic rings. The van der Waals surface area contributed by atoms with Crippen molar-refractivity contribution in [1.82, 2.24) is 0 Å². The first-order chi connectivity index (χ1) is 11.4. The van der Waals surface area contributed by atoms with Crippen LogP contribution < -0.4 is 14.8 Å². The number of rotatable bonds is 4. The predicted octanol–water partition coefficient (Wildman–Crippen LogP) is 4.72. The van der Waals surface area contributed by atoms with Gasteiger partial charge in [-0.15, -0.1) is 11.8 Å². The molecule has 130 valence electrons. The fourth-order valence-electron chi connectivity index (χ4n) is 3.30. The molecular weight excluding hydrogens is 320 g/mol. The largest absolute Gasteiger partial charge is 0.493 e. The van der Waals surface area contributed by atoms with E-state index in [1.165, 1.54) is 16.3 Å². The molecule has 3 rings (SSSR count). The van der Waals surface area contributed by atoms with Crippen molar-refractivity contribution in [3.05, 3.63) is 28.8 Å². The van der Waals surface area contributed by atoms with Crippen molar-refractivity contribution in [2.45, 2.75) is 39.7 Å². The van der Waals surface area contributed by atoms with E-state index in [0.717, 1.165) is 35.8 Å². The van der Waals surface area contributed by atoms with Crippen molar-refractivity contribution in [3.63, 3.8) is 0 Å². The maximum atomic E-state index is 5.42. The number of hydrogen-bond donors (Lipinski definition) is 1. The molecule has 24 heavy (non-hydrogen) atoms. The first-order valence-corrected chi connectivity index (χ1v) is 9.32. The van der Waals surface area contributed by atoms with E-state index in [2.05, 4.69) is 26.1 Å². The molecule has 1 aromatic rings. The summed E-state index contributed by atoms with van der Waals surface area (Å²) in [5.41, 5.74) is 3.78. The van der Waals surface area contributed by atoms with E-state index in [0.29, 0.717) is 6.04 Å². The molecule has 1 heterocycles. The van der Waals surface area contributed by atoms with Gasteiger partial charge in [0.15, 0.2) is 11.5 Å². The number of benzene rings is 1. The highest BCUT2D eigenvalue weighted by molar-refractivity contribution is 8.04. The lowest BCUT2D eigenvalue weighted by molar-refractivity contribution is 0.355. The van der Waals surface area contributed by atoms with Gasteiger partial charge in [0.1, 0.15) is 0 Å². The predicted molar refractivity (Wildman–Crippen MR) is 103 cm³/mol. The van der Waals surface area contributed by atoms with E-state index < -0.39 is 0 Å². The minimum Gasteiger partial charge on any atom is -0.493 e. The van der Waals surface area contributed by atoms with E-state index in [1.807, 2.05) is 30.0 Å². The molecule has 0 saturated carbocycles. The van der Waals surface area contributed by atoms with E-state index in [4.69, 9.17) is 14.5 Å². The van der Waals surface area contributed by atoms with Crippen LogP contribution in [0.2, 0.25) is 0 Å². The van der Waals surface area contributed by atoms with Crippen molar-refractivity contribution >= 4 is 23.2 Å². The molecular formula is C19H26N2O2S. The molecule has 0 bridgehead atoms. The number of nitrogens with zero attached hydrogens (tertiary/aromatic N) is 1. The van der Waals surface area contributed by atoms with Crippen LogP contribution in [0.1, 0.15) is 33.6 Å². The Morgan fingerprint density at radius 1 is 1.17 bits per heavy atom. The van der Waals surface area contributed by atoms with Crippen LogP contribution in [-0.2, 0) is 0 Å². The molecule has 0 spiro atoms. The third-order valence-corrected chi connectivity index (χ3v) is 5.78. The first-order valence-electron chi connectivity index (χ1n) is 8.34. The van der Waals surface area contributed by atoms with Crippen LogP contribution in [0, 0.1) is 5.41 Å². The molecule has 1 aromatic carbocycles. The summed E-state index contributed by atoms with van der Waals surface area (Å²) in [5, 5.41) is 3.62. The Hall–Kier alpha value is -1.62. The van der Waals surface area contributed by atoms with Crippen LogP contribution in [0.4, 0.5) is 5.69 Å². The van der Waals surface area contributed by atoms with Gasteiger partial charge < -0.3 is 14.8 Å². The summed E-state index contributed by atoms with van der Waals surface area (Å²) in [6.07, 6.45) is 2.08. The van der Waals surface area contributed by atoms with Crippen LogP contribution in [0.25, 0.3) is 0 Å². The van der Waals surface area contributed by atoms with Gasteiger partial charge in [-0.2, -0.15) is 0 Å². The van der Waals surface area contributed by atoms with E-state index in [1.54, 1.807) is 14.2 Å². The van der Waals surface area contributed by atoms with Gasteiger partial charge in [-0.3, -0.25) is 4.99 Å². The van der Waals surface area contributed by atoms with Crippen molar-refractivity contribution in [3.8, 4) is 11.5 Å². The first kappa shape index (κ1) is 17.2. The van der Waals surface area contributed by atoms with Crippen LogP contribution >= 0.6 is 11.8 Å². The maximum Gasteiger partial charge on any atom is 0.162 e. The Morgan fingerprint density at radius 3 is 2.62 bits per heavy atom. The summed E-state index contributed by atoms with van der Waals surface area (Å²) in [7, 11) is 3.32. The number of aliphatic imine (C=N–C) groups is 1. The molecule has 1 N–H and O–H groups in total. The molecule has 0 saturated heterocycles. The van der Waals surface area contributed by atoms with Crippen molar-refractivity contribution in [1.29, 1.82) is 0 Å². The average molecular weight is 346 g/mol. The number of nitrogens with one attached hydrogen (secondary N) is 1. The normalized spacial score (nSPS) is 22.5. The number of hydrogen-bond acceptors (Lipinski definition) is 5. The molecule has 1 aliphatic carbocycles. The highest BCUT2D eigenvalue weighted by Gasteiger charge is 2.34. The number of methoxy groups -OCH3 is 2. The van der Waals surface area contributed by atoms with Crippen LogP contribution in [0.15, 0.2) is 33.8 Å². The van der Waals surface area contributed by atoms with E-state index in [-0.39, 0.29) is 5.41 Å². The van der Waals surface area contributed by atoms with E-state index in [9.17, 15) is 0 Å². The Balaban J connectivity index is 1.94. The summed E-state index contributed by atoms with van der Waals surface area (Å²) in [6, 6.07) is 6.36. The minimum absolute atomic E-state index is 0.221. The zero-order valence-corrected chi connectivity index (χ0v) is 15.9. The zero-order valence-electron chi connectivity index (χ0n) is 15.1. The van der Waals surface area contributed by atoms with Gasteiger partial charge in [0.2, 0.25) is 0 Å². The summed E-state index contributed by atoms with van der Waals surface area (Å²) in [6.45, 7) is 6.82. The smallest absolute Gasteiger partial charge is 0.162 e. The van der Waals surface area contributed by atoms with Crippen molar-refractivity contribution in [2.24, 2.45) is 10.4 Å². The summed E-state index contributed by atoms with van der Waals surface area (Å²) >= 11 is 1.93. The van der Waals surface area contributed by atoms with Crippen molar-refractivity contribution < 1.29 is 9.47 Å². The molecule has 1 unspecified atom stereocenters. The van der Waals surface area contributed by atoms with E-state index >= 15 is 0 Å². The number of allylic oxidation sites excluding steroid dienone is 2. The third kappa shape index (κ3) is 3.56. The topological polar surface area (TPSA) is 42.8 Å². The second-order valence-electron chi connectivity index (χ2n) is 7.26. The minimum atomic E-state index is 0.221. The zero-order chi connectivity index (χ0) is 17.3. The van der Waals surface area contributed by atoms with Gasteiger partial charge in [-0.25, -0.2) is 0 Å². The van der Waals surface area contributed by atoms with Gasteiger partial charge in [-0.1, -0.05) is 13.8 Å². The molecule has 1 atom stereocenters. The van der Waals surface area contributed by atoms with Gasteiger partial charge in [0.05, 0.1) is 26.0 Å². The van der Waals surface area contributed by atoms with Crippen LogP contribution in [-0.4, -0.2) is 31.7 Å². The number of anilines is 1. The molecule has 1 aliphatic heterocycles. The van der Waals surface area contributed by atoms with Crippen LogP contribution in [0.5, 0.6) is 11.5 Å². The average Bonchev–Trinajstić information content (AvgIpc) is 2.53. The maximum absolute atomic E-state index is 5.42. The standard InChI is InChI=1S/C19H26N2O2S/c1-12-11-24-18-14(20-12)9-19(2,3)10-15(18)21-13-6-7-16(22-4)17(8-13)23-5/h6-8,12,21H,9-11H2,1-5H3. The Labute approximate surface area is 148 Å². The van der Waals surface area contributed by atoms with Gasteiger partial charge >= 0.3 is 0 Å². The quantitative estimate of drug-likeness (QED) is 0.856. The lowest BCUT2D eigenvalue weighted by Crippen LogP contribution is -2.31. The highest BCUT2D eigenvalue weighted by atomic mass is 32.2. The summed E-state index contributed by atoms with van der Waals surface area (Å²) < 4.78 is 10.7. The lowest BCUT2D eigenvalue weighted by atomic mass is 9.78. The summed E-state index contributed by atoms with van der Waals surface area (Å²) in [4.78, 5) is 6.24. The lowest BCUT2D eigenvalue weighted by Gasteiger charge is -2.36. The third-order valence-electron chi connectivity index (χ3n) is 4.36. The fourth-order valence-corrected chi connectivity index (χ4v) is 4.37. The molecule has 5 heteroatoms. The summed E-state index contributed by atoms with van der Waals surface area (Å²) in [5.74, 6) is 2.53. The van der Waals surface area contributed by atoms with Gasteiger partial charge in [0, 0.05) is 28.1 Å². The Kier molecular flexibility index (Phi) is 4.81. The molecule has 4 nitrogen and oxygen atoms in total. The molecule has 0 radical (unpaired) electrons. The number of thioether (sulfide) groups is 1. The second kappa shape index (κ2) is 6.71. The SMILES string of the molecule is COc1ccc(NC2=C3SCC(C)N=C3CC(C)(C)C2)cc1OC.